The second kappa shape index (κ2) is 14.2. The van der Waals surface area contributed by atoms with Gasteiger partial charge in [-0.1, -0.05) is 77.7 Å². The zero-order valence-electron chi connectivity index (χ0n) is 15.9. The number of hydrogen-bond acceptors (Lipinski definition) is 2. The smallest absolute Gasteiger partial charge is 0.123 e. The van der Waals surface area contributed by atoms with Crippen molar-refractivity contribution < 1.29 is 9.47 Å². The van der Waals surface area contributed by atoms with Crippen LogP contribution in [0, 0.1) is 6.92 Å². The third-order valence-corrected chi connectivity index (χ3v) is 4.33. The number of rotatable bonds is 15. The van der Waals surface area contributed by atoms with Crippen molar-refractivity contribution in [1.82, 2.24) is 0 Å². The van der Waals surface area contributed by atoms with Crippen LogP contribution in [-0.4, -0.2) is 12.7 Å². The first-order valence-electron chi connectivity index (χ1n) is 9.98. The summed E-state index contributed by atoms with van der Waals surface area (Å²) in [7, 11) is 0. The van der Waals surface area contributed by atoms with Crippen LogP contribution in [0.15, 0.2) is 24.3 Å². The lowest BCUT2D eigenvalue weighted by molar-refractivity contribution is 0.240. The van der Waals surface area contributed by atoms with Crippen LogP contribution in [0.2, 0.25) is 0 Å². The van der Waals surface area contributed by atoms with E-state index in [0.717, 1.165) is 30.9 Å². The molecular weight excluding hydrogens is 296 g/mol. The molecule has 0 saturated heterocycles. The maximum absolute atomic E-state index is 5.83. The SMILES string of the molecule is [CH2]C(CC)Oc1cccc(OCCCCCCCCCCCC)c1. The van der Waals surface area contributed by atoms with Gasteiger partial charge in [0.2, 0.25) is 0 Å². The molecule has 2 heteroatoms. The summed E-state index contributed by atoms with van der Waals surface area (Å²) in [4.78, 5) is 0. The highest BCUT2D eigenvalue weighted by molar-refractivity contribution is 5.33. The van der Waals surface area contributed by atoms with E-state index < -0.39 is 0 Å². The molecule has 0 amide bonds. The van der Waals surface area contributed by atoms with Crippen molar-refractivity contribution in [2.45, 2.75) is 90.6 Å². The van der Waals surface area contributed by atoms with Gasteiger partial charge >= 0.3 is 0 Å². The van der Waals surface area contributed by atoms with E-state index in [0.29, 0.717) is 0 Å². The van der Waals surface area contributed by atoms with E-state index in [2.05, 4.69) is 20.8 Å². The molecule has 24 heavy (non-hydrogen) atoms. The molecule has 0 aliphatic heterocycles. The van der Waals surface area contributed by atoms with Gasteiger partial charge in [-0.05, 0) is 31.9 Å². The molecular formula is C22H37O2. The number of hydrogen-bond donors (Lipinski definition) is 0. The average Bonchev–Trinajstić information content (AvgIpc) is 2.60. The molecule has 0 saturated carbocycles. The zero-order chi connectivity index (χ0) is 17.5. The van der Waals surface area contributed by atoms with Crippen molar-refractivity contribution >= 4 is 0 Å². The van der Waals surface area contributed by atoms with Crippen LogP contribution >= 0.6 is 0 Å². The van der Waals surface area contributed by atoms with Gasteiger partial charge in [-0.2, -0.15) is 0 Å². The molecule has 1 atom stereocenters. The monoisotopic (exact) mass is 333 g/mol. The summed E-state index contributed by atoms with van der Waals surface area (Å²) >= 11 is 0. The Hall–Kier alpha value is -1.18. The van der Waals surface area contributed by atoms with Crippen molar-refractivity contribution in [3.63, 3.8) is 0 Å². The first-order chi connectivity index (χ1) is 11.8. The summed E-state index contributed by atoms with van der Waals surface area (Å²) in [6.07, 6.45) is 14.4. The predicted octanol–water partition coefficient (Wildman–Crippen LogP) is 6.98. The maximum atomic E-state index is 5.83. The van der Waals surface area contributed by atoms with Crippen LogP contribution in [0.4, 0.5) is 0 Å². The Balaban J connectivity index is 2.02. The summed E-state index contributed by atoms with van der Waals surface area (Å²) in [5.74, 6) is 1.74. The van der Waals surface area contributed by atoms with E-state index in [-0.39, 0.29) is 6.10 Å². The zero-order valence-corrected chi connectivity index (χ0v) is 15.9. The average molecular weight is 334 g/mol. The number of ether oxygens (including phenoxy) is 2. The van der Waals surface area contributed by atoms with Crippen LogP contribution < -0.4 is 9.47 Å². The van der Waals surface area contributed by atoms with Crippen molar-refractivity contribution in [2.75, 3.05) is 6.61 Å². The largest absolute Gasteiger partial charge is 0.493 e. The van der Waals surface area contributed by atoms with Crippen LogP contribution in [0.3, 0.4) is 0 Å². The normalized spacial score (nSPS) is 12.1. The standard InChI is InChI=1S/C22H37O2/c1-4-6-7-8-9-10-11-12-13-14-18-23-21-16-15-17-22(19-21)24-20(3)5-2/h15-17,19-20H,3-14,18H2,1-2H3. The fourth-order valence-electron chi connectivity index (χ4n) is 2.69. The molecule has 0 aliphatic carbocycles. The topological polar surface area (TPSA) is 18.5 Å². The third-order valence-electron chi connectivity index (χ3n) is 4.33. The minimum absolute atomic E-state index is 0.00206. The maximum Gasteiger partial charge on any atom is 0.123 e. The molecule has 1 unspecified atom stereocenters. The van der Waals surface area contributed by atoms with E-state index in [1.54, 1.807) is 0 Å². The summed E-state index contributed by atoms with van der Waals surface area (Å²) in [5, 5.41) is 0. The van der Waals surface area contributed by atoms with Gasteiger partial charge in [-0.15, -0.1) is 0 Å². The van der Waals surface area contributed by atoms with Crippen LogP contribution in [0.1, 0.15) is 84.5 Å². The fraction of sp³-hybridized carbons (Fsp3) is 0.682. The highest BCUT2D eigenvalue weighted by Crippen LogP contribution is 2.21. The molecule has 0 spiro atoms. The first-order valence-corrected chi connectivity index (χ1v) is 9.98. The molecule has 137 valence electrons. The van der Waals surface area contributed by atoms with Gasteiger partial charge in [0.1, 0.15) is 11.5 Å². The summed E-state index contributed by atoms with van der Waals surface area (Å²) in [5.41, 5.74) is 0. The summed E-state index contributed by atoms with van der Waals surface area (Å²) in [6, 6.07) is 7.89. The second-order valence-corrected chi connectivity index (χ2v) is 6.65. The molecule has 0 aliphatic rings. The molecule has 1 rings (SSSR count). The number of benzene rings is 1. The Morgan fingerprint density at radius 2 is 1.42 bits per heavy atom. The molecule has 1 radical (unpaired) electrons. The number of unbranched alkanes of at least 4 members (excludes halogenated alkanes) is 9. The van der Waals surface area contributed by atoms with Crippen molar-refractivity contribution in [3.05, 3.63) is 31.2 Å². The van der Waals surface area contributed by atoms with Crippen LogP contribution in [0.5, 0.6) is 11.5 Å². The van der Waals surface area contributed by atoms with Gasteiger partial charge in [-0.3, -0.25) is 0 Å². The Morgan fingerprint density at radius 1 is 0.833 bits per heavy atom. The molecule has 0 aromatic heterocycles. The van der Waals surface area contributed by atoms with Crippen molar-refractivity contribution in [2.24, 2.45) is 0 Å². The van der Waals surface area contributed by atoms with E-state index in [9.17, 15) is 0 Å². The first kappa shape index (κ1) is 20.9. The fourth-order valence-corrected chi connectivity index (χ4v) is 2.69. The minimum atomic E-state index is 0.00206. The third kappa shape index (κ3) is 10.6. The molecule has 0 bridgehead atoms. The van der Waals surface area contributed by atoms with E-state index in [1.165, 1.54) is 57.8 Å². The van der Waals surface area contributed by atoms with Gasteiger partial charge in [0.15, 0.2) is 0 Å². The lowest BCUT2D eigenvalue weighted by Crippen LogP contribution is -2.10. The summed E-state index contributed by atoms with van der Waals surface area (Å²) < 4.78 is 11.6. The molecule has 0 N–H and O–H groups in total. The second-order valence-electron chi connectivity index (χ2n) is 6.65. The van der Waals surface area contributed by atoms with E-state index in [4.69, 9.17) is 9.47 Å². The van der Waals surface area contributed by atoms with Gasteiger partial charge < -0.3 is 9.47 Å². The van der Waals surface area contributed by atoms with E-state index in [1.807, 2.05) is 24.3 Å². The van der Waals surface area contributed by atoms with Crippen LogP contribution in [-0.2, 0) is 0 Å². The lowest BCUT2D eigenvalue weighted by atomic mass is 10.1. The van der Waals surface area contributed by atoms with Gasteiger partial charge in [0.05, 0.1) is 12.7 Å². The Bertz CT molecular complexity index is 403. The molecule has 0 heterocycles. The van der Waals surface area contributed by atoms with Crippen molar-refractivity contribution in [1.29, 1.82) is 0 Å². The van der Waals surface area contributed by atoms with Crippen molar-refractivity contribution in [3.8, 4) is 11.5 Å². The molecule has 0 fully saturated rings. The van der Waals surface area contributed by atoms with Gasteiger partial charge in [0.25, 0.3) is 0 Å². The highest BCUT2D eigenvalue weighted by atomic mass is 16.5. The summed E-state index contributed by atoms with van der Waals surface area (Å²) in [6.45, 7) is 9.09. The van der Waals surface area contributed by atoms with E-state index >= 15 is 0 Å². The Kier molecular flexibility index (Phi) is 12.3. The molecule has 1 aromatic rings. The lowest BCUT2D eigenvalue weighted by Gasteiger charge is -2.13. The highest BCUT2D eigenvalue weighted by Gasteiger charge is 2.02. The predicted molar refractivity (Wildman–Crippen MR) is 104 cm³/mol. The van der Waals surface area contributed by atoms with Gasteiger partial charge in [0, 0.05) is 6.07 Å². The molecule has 2 nitrogen and oxygen atoms in total. The Labute approximate surface area is 149 Å². The van der Waals surface area contributed by atoms with Gasteiger partial charge in [-0.25, -0.2) is 0 Å². The Morgan fingerprint density at radius 3 is 2.04 bits per heavy atom. The molecule has 1 aromatic carbocycles. The van der Waals surface area contributed by atoms with Crippen LogP contribution in [0.25, 0.3) is 0 Å². The quantitative estimate of drug-likeness (QED) is 0.322. The minimum Gasteiger partial charge on any atom is -0.493 e.